The Kier molecular flexibility index (Phi) is 2.79. The first-order valence-corrected chi connectivity index (χ1v) is 5.53. The molecule has 1 heterocycles. The Labute approximate surface area is 90.7 Å². The fraction of sp³-hybridized carbons (Fsp3) is 0.538. The average molecular weight is 207 g/mol. The van der Waals surface area contributed by atoms with E-state index in [0.717, 1.165) is 13.0 Å². The standard InChI is InChI=1S/C13H18FN/c1-10-4-3-5-11(6-10)7-12-8-15-9-13(12,2)14/h3-6,12,15H,7-9H2,1-2H3. The van der Waals surface area contributed by atoms with E-state index < -0.39 is 5.67 Å². The van der Waals surface area contributed by atoms with Crippen molar-refractivity contribution in [3.63, 3.8) is 0 Å². The summed E-state index contributed by atoms with van der Waals surface area (Å²) in [5.41, 5.74) is 1.44. The average Bonchev–Trinajstić information content (AvgIpc) is 2.46. The molecule has 2 unspecified atom stereocenters. The highest BCUT2D eigenvalue weighted by atomic mass is 19.1. The maximum atomic E-state index is 14.0. The van der Waals surface area contributed by atoms with Gasteiger partial charge in [0.1, 0.15) is 5.67 Å². The zero-order chi connectivity index (χ0) is 10.9. The molecule has 1 fully saturated rings. The van der Waals surface area contributed by atoms with E-state index in [-0.39, 0.29) is 5.92 Å². The van der Waals surface area contributed by atoms with Gasteiger partial charge in [0.15, 0.2) is 0 Å². The van der Waals surface area contributed by atoms with Gasteiger partial charge in [0.25, 0.3) is 0 Å². The molecular weight excluding hydrogens is 189 g/mol. The van der Waals surface area contributed by atoms with Crippen molar-refractivity contribution in [3.8, 4) is 0 Å². The van der Waals surface area contributed by atoms with Gasteiger partial charge in [-0.1, -0.05) is 29.8 Å². The molecule has 0 amide bonds. The van der Waals surface area contributed by atoms with E-state index in [1.54, 1.807) is 6.92 Å². The van der Waals surface area contributed by atoms with Crippen molar-refractivity contribution in [2.75, 3.05) is 13.1 Å². The van der Waals surface area contributed by atoms with Crippen molar-refractivity contribution in [1.82, 2.24) is 5.32 Å². The monoisotopic (exact) mass is 207 g/mol. The number of aryl methyl sites for hydroxylation is 1. The predicted octanol–water partition coefficient (Wildman–Crippen LogP) is 2.49. The van der Waals surface area contributed by atoms with Crippen LogP contribution in [0.3, 0.4) is 0 Å². The third-order valence-corrected chi connectivity index (χ3v) is 3.28. The van der Waals surface area contributed by atoms with Crippen LogP contribution in [0.5, 0.6) is 0 Å². The highest BCUT2D eigenvalue weighted by Crippen LogP contribution is 2.28. The Balaban J connectivity index is 2.09. The first-order chi connectivity index (χ1) is 7.08. The second kappa shape index (κ2) is 3.93. The van der Waals surface area contributed by atoms with E-state index in [1.807, 2.05) is 6.07 Å². The molecule has 0 bridgehead atoms. The normalized spacial score (nSPS) is 30.7. The number of alkyl halides is 1. The van der Waals surface area contributed by atoms with Crippen LogP contribution < -0.4 is 5.32 Å². The van der Waals surface area contributed by atoms with Gasteiger partial charge in [-0.15, -0.1) is 0 Å². The molecule has 1 aromatic rings. The molecule has 2 heteroatoms. The van der Waals surface area contributed by atoms with Crippen molar-refractivity contribution in [2.24, 2.45) is 5.92 Å². The molecule has 1 nitrogen and oxygen atoms in total. The van der Waals surface area contributed by atoms with Gasteiger partial charge in [-0.3, -0.25) is 0 Å². The van der Waals surface area contributed by atoms with Gasteiger partial charge in [-0.2, -0.15) is 0 Å². The van der Waals surface area contributed by atoms with Gasteiger partial charge in [-0.05, 0) is 25.8 Å². The molecular formula is C13H18FN. The van der Waals surface area contributed by atoms with E-state index in [9.17, 15) is 4.39 Å². The van der Waals surface area contributed by atoms with Crippen LogP contribution in [-0.4, -0.2) is 18.8 Å². The molecule has 0 saturated carbocycles. The SMILES string of the molecule is Cc1cccc(CC2CNCC2(C)F)c1. The number of halogens is 1. The van der Waals surface area contributed by atoms with Crippen LogP contribution in [0.15, 0.2) is 24.3 Å². The Morgan fingerprint density at radius 1 is 1.53 bits per heavy atom. The Bertz CT molecular complexity index is 346. The van der Waals surface area contributed by atoms with Gasteiger partial charge in [0.05, 0.1) is 0 Å². The maximum Gasteiger partial charge on any atom is 0.124 e. The van der Waals surface area contributed by atoms with Crippen LogP contribution in [0, 0.1) is 12.8 Å². The van der Waals surface area contributed by atoms with E-state index >= 15 is 0 Å². The minimum atomic E-state index is -1.05. The third-order valence-electron chi connectivity index (χ3n) is 3.28. The van der Waals surface area contributed by atoms with Crippen molar-refractivity contribution in [3.05, 3.63) is 35.4 Å². The maximum absolute atomic E-state index is 14.0. The largest absolute Gasteiger partial charge is 0.313 e. The van der Waals surface area contributed by atoms with Crippen molar-refractivity contribution in [1.29, 1.82) is 0 Å². The molecule has 2 rings (SSSR count). The zero-order valence-corrected chi connectivity index (χ0v) is 9.39. The van der Waals surface area contributed by atoms with Crippen molar-refractivity contribution >= 4 is 0 Å². The molecule has 1 aliphatic rings. The minimum Gasteiger partial charge on any atom is -0.313 e. The summed E-state index contributed by atoms with van der Waals surface area (Å²) < 4.78 is 14.0. The van der Waals surface area contributed by atoms with E-state index in [2.05, 4.69) is 30.4 Å². The topological polar surface area (TPSA) is 12.0 Å². The van der Waals surface area contributed by atoms with Crippen LogP contribution in [0.1, 0.15) is 18.1 Å². The number of hydrogen-bond acceptors (Lipinski definition) is 1. The molecule has 0 radical (unpaired) electrons. The van der Waals surface area contributed by atoms with E-state index in [4.69, 9.17) is 0 Å². The Morgan fingerprint density at radius 2 is 2.33 bits per heavy atom. The third kappa shape index (κ3) is 2.37. The lowest BCUT2D eigenvalue weighted by atomic mass is 9.88. The smallest absolute Gasteiger partial charge is 0.124 e. The van der Waals surface area contributed by atoms with Crippen LogP contribution in [0.25, 0.3) is 0 Å². The van der Waals surface area contributed by atoms with Crippen LogP contribution >= 0.6 is 0 Å². The molecule has 15 heavy (non-hydrogen) atoms. The van der Waals surface area contributed by atoms with Crippen LogP contribution in [0.2, 0.25) is 0 Å². The fourth-order valence-corrected chi connectivity index (χ4v) is 2.26. The van der Waals surface area contributed by atoms with Crippen LogP contribution in [0.4, 0.5) is 4.39 Å². The molecule has 0 aliphatic carbocycles. The molecule has 0 aromatic heterocycles. The molecule has 1 aliphatic heterocycles. The summed E-state index contributed by atoms with van der Waals surface area (Å²) in [5, 5.41) is 3.12. The number of benzene rings is 1. The summed E-state index contributed by atoms with van der Waals surface area (Å²) in [5.74, 6) is 0.110. The van der Waals surface area contributed by atoms with Crippen LogP contribution in [-0.2, 0) is 6.42 Å². The number of hydrogen-bond donors (Lipinski definition) is 1. The molecule has 1 N–H and O–H groups in total. The number of nitrogens with one attached hydrogen (secondary N) is 1. The Morgan fingerprint density at radius 3 is 2.93 bits per heavy atom. The summed E-state index contributed by atoms with van der Waals surface area (Å²) in [4.78, 5) is 0. The Hall–Kier alpha value is -0.890. The first-order valence-electron chi connectivity index (χ1n) is 5.53. The zero-order valence-electron chi connectivity index (χ0n) is 9.39. The van der Waals surface area contributed by atoms with Gasteiger partial charge < -0.3 is 5.32 Å². The highest BCUT2D eigenvalue weighted by molar-refractivity contribution is 5.23. The minimum absolute atomic E-state index is 0.110. The van der Waals surface area contributed by atoms with Crippen molar-refractivity contribution < 1.29 is 4.39 Å². The number of rotatable bonds is 2. The second-order valence-corrected chi connectivity index (χ2v) is 4.80. The van der Waals surface area contributed by atoms with Gasteiger partial charge in [0.2, 0.25) is 0 Å². The predicted molar refractivity (Wildman–Crippen MR) is 60.8 cm³/mol. The second-order valence-electron chi connectivity index (χ2n) is 4.80. The summed E-state index contributed by atoms with van der Waals surface area (Å²) in [7, 11) is 0. The molecule has 82 valence electrons. The molecule has 1 saturated heterocycles. The lowest BCUT2D eigenvalue weighted by Crippen LogP contribution is -2.29. The van der Waals surface area contributed by atoms with Gasteiger partial charge in [-0.25, -0.2) is 4.39 Å². The molecule has 2 atom stereocenters. The van der Waals surface area contributed by atoms with Gasteiger partial charge in [0, 0.05) is 19.0 Å². The first kappa shape index (κ1) is 10.6. The lowest BCUT2D eigenvalue weighted by molar-refractivity contribution is 0.152. The van der Waals surface area contributed by atoms with E-state index in [1.165, 1.54) is 11.1 Å². The molecule has 0 spiro atoms. The fourth-order valence-electron chi connectivity index (χ4n) is 2.26. The van der Waals surface area contributed by atoms with Gasteiger partial charge >= 0.3 is 0 Å². The summed E-state index contributed by atoms with van der Waals surface area (Å²) in [6.07, 6.45) is 0.835. The quantitative estimate of drug-likeness (QED) is 0.785. The summed E-state index contributed by atoms with van der Waals surface area (Å²) in [6.45, 7) is 5.06. The lowest BCUT2D eigenvalue weighted by Gasteiger charge is -2.21. The summed E-state index contributed by atoms with van der Waals surface area (Å²) >= 11 is 0. The van der Waals surface area contributed by atoms with Crippen molar-refractivity contribution in [2.45, 2.75) is 25.9 Å². The molecule has 1 aromatic carbocycles. The van der Waals surface area contributed by atoms with E-state index in [0.29, 0.717) is 6.54 Å². The summed E-state index contributed by atoms with van der Waals surface area (Å²) in [6, 6.07) is 8.35. The highest BCUT2D eigenvalue weighted by Gasteiger charge is 2.38.